The zero-order valence-corrected chi connectivity index (χ0v) is 27.9. The first-order chi connectivity index (χ1) is 20.1. The van der Waals surface area contributed by atoms with Crippen molar-refractivity contribution in [3.05, 3.63) is 95.6 Å². The SMILES string of the molecule is CCCCCCCCc1ccc(OP(=S)(Oc2ccc(CCCCCCCC)cc2)SCCc2ccccc2)cc1. The van der Waals surface area contributed by atoms with Crippen molar-refractivity contribution in [3.8, 4) is 11.5 Å². The summed E-state index contributed by atoms with van der Waals surface area (Å²) in [5.74, 6) is 2.45. The Hall–Kier alpha value is -1.74. The van der Waals surface area contributed by atoms with E-state index in [-0.39, 0.29) is 0 Å². The Morgan fingerprint density at radius 2 is 0.927 bits per heavy atom. The molecule has 3 aromatic carbocycles. The number of hydrogen-bond acceptors (Lipinski definition) is 4. The van der Waals surface area contributed by atoms with Crippen LogP contribution in [0.5, 0.6) is 11.5 Å². The molecule has 2 nitrogen and oxygen atoms in total. The van der Waals surface area contributed by atoms with Crippen LogP contribution in [0.15, 0.2) is 78.9 Å². The zero-order chi connectivity index (χ0) is 29.0. The predicted molar refractivity (Wildman–Crippen MR) is 185 cm³/mol. The summed E-state index contributed by atoms with van der Waals surface area (Å²) in [5, 5.41) is 0. The Morgan fingerprint density at radius 1 is 0.512 bits per heavy atom. The third-order valence-electron chi connectivity index (χ3n) is 7.40. The van der Waals surface area contributed by atoms with Crippen molar-refractivity contribution in [2.45, 2.75) is 110 Å². The summed E-state index contributed by atoms with van der Waals surface area (Å²) in [4.78, 5) is 0. The monoisotopic (exact) mass is 610 g/mol. The standard InChI is InChI=1S/C36H51O2PS2/c1-3-5-7-9-11-14-20-33-22-26-35(27-23-33)37-39(40,41-31-30-32-18-16-13-17-19-32)38-36-28-24-34(25-29-36)21-15-12-10-8-6-4-2/h13,16-19,22-29H,3-12,14-15,20-21,30-31H2,1-2H3. The fourth-order valence-corrected chi connectivity index (χ4v) is 9.32. The first-order valence-electron chi connectivity index (χ1n) is 16.0. The van der Waals surface area contributed by atoms with Gasteiger partial charge >= 0.3 is 5.69 Å². The first-order valence-corrected chi connectivity index (χ1v) is 20.2. The average Bonchev–Trinajstić information content (AvgIpc) is 2.99. The molecule has 0 atom stereocenters. The van der Waals surface area contributed by atoms with Crippen LogP contribution in [0.2, 0.25) is 0 Å². The minimum absolute atomic E-state index is 0.798. The van der Waals surface area contributed by atoms with Gasteiger partial charge in [-0.3, -0.25) is 0 Å². The summed E-state index contributed by atoms with van der Waals surface area (Å²) < 4.78 is 13.0. The largest absolute Gasteiger partial charge is 0.428 e. The van der Waals surface area contributed by atoms with Crippen molar-refractivity contribution in [2.75, 3.05) is 5.75 Å². The van der Waals surface area contributed by atoms with Crippen LogP contribution in [0.4, 0.5) is 0 Å². The van der Waals surface area contributed by atoms with Crippen LogP contribution in [-0.4, -0.2) is 5.75 Å². The number of unbranched alkanes of at least 4 members (excludes halogenated alkanes) is 10. The molecule has 0 spiro atoms. The van der Waals surface area contributed by atoms with Crippen LogP contribution in [0.25, 0.3) is 0 Å². The van der Waals surface area contributed by atoms with Gasteiger partial charge in [-0.25, -0.2) is 0 Å². The Balaban J connectivity index is 1.56. The second kappa shape index (κ2) is 20.2. The summed E-state index contributed by atoms with van der Waals surface area (Å²) >= 11 is 7.76. The van der Waals surface area contributed by atoms with Crippen molar-refractivity contribution >= 4 is 28.9 Å². The van der Waals surface area contributed by atoms with Crippen molar-refractivity contribution in [1.29, 1.82) is 0 Å². The molecule has 41 heavy (non-hydrogen) atoms. The molecule has 0 heterocycles. The van der Waals surface area contributed by atoms with Crippen LogP contribution in [0, 0.1) is 0 Å². The molecule has 0 aliphatic rings. The number of aryl methyl sites for hydroxylation is 3. The molecule has 0 amide bonds. The van der Waals surface area contributed by atoms with Crippen molar-refractivity contribution in [1.82, 2.24) is 0 Å². The molecule has 0 saturated carbocycles. The number of rotatable bonds is 22. The molecule has 0 N–H and O–H groups in total. The van der Waals surface area contributed by atoms with Gasteiger partial charge in [-0.05, 0) is 96.2 Å². The van der Waals surface area contributed by atoms with E-state index in [2.05, 4.69) is 92.7 Å². The Morgan fingerprint density at radius 3 is 1.39 bits per heavy atom. The fourth-order valence-electron chi connectivity index (χ4n) is 4.90. The molecule has 3 aromatic rings. The Kier molecular flexibility index (Phi) is 16.6. The van der Waals surface area contributed by atoms with E-state index in [4.69, 9.17) is 20.9 Å². The molecular weight excluding hydrogens is 560 g/mol. The second-order valence-electron chi connectivity index (χ2n) is 11.0. The van der Waals surface area contributed by atoms with E-state index in [0.29, 0.717) is 0 Å². The van der Waals surface area contributed by atoms with Gasteiger partial charge in [-0.2, -0.15) is 0 Å². The maximum Gasteiger partial charge on any atom is 0.348 e. The third-order valence-corrected chi connectivity index (χ3v) is 12.3. The molecule has 224 valence electrons. The lowest BCUT2D eigenvalue weighted by atomic mass is 10.1. The fraction of sp³-hybridized carbons (Fsp3) is 0.500. The zero-order valence-electron chi connectivity index (χ0n) is 25.4. The van der Waals surface area contributed by atoms with Crippen LogP contribution in [0.3, 0.4) is 0 Å². The van der Waals surface area contributed by atoms with Crippen LogP contribution >= 0.6 is 17.1 Å². The van der Waals surface area contributed by atoms with Gasteiger partial charge < -0.3 is 9.05 Å². The van der Waals surface area contributed by atoms with Crippen LogP contribution in [-0.2, 0) is 31.1 Å². The van der Waals surface area contributed by atoms with Gasteiger partial charge in [-0.1, -0.05) is 133 Å². The summed E-state index contributed by atoms with van der Waals surface area (Å²) in [6, 6.07) is 27.6. The summed E-state index contributed by atoms with van der Waals surface area (Å²) in [7, 11) is 0. The topological polar surface area (TPSA) is 18.5 Å². The average molecular weight is 611 g/mol. The van der Waals surface area contributed by atoms with E-state index >= 15 is 0 Å². The van der Waals surface area contributed by atoms with Gasteiger partial charge in [0.05, 0.1) is 0 Å². The molecule has 0 aromatic heterocycles. The quantitative estimate of drug-likeness (QED) is 0.0832. The Bertz CT molecular complexity index is 1050. The van der Waals surface area contributed by atoms with Crippen molar-refractivity contribution in [2.24, 2.45) is 0 Å². The van der Waals surface area contributed by atoms with Crippen LogP contribution < -0.4 is 9.05 Å². The molecule has 0 saturated heterocycles. The highest BCUT2D eigenvalue weighted by molar-refractivity contribution is 8.68. The summed E-state index contributed by atoms with van der Waals surface area (Å²) in [5.41, 5.74) is 1.37. The van der Waals surface area contributed by atoms with Gasteiger partial charge in [0.15, 0.2) is 0 Å². The third kappa shape index (κ3) is 14.3. The summed E-state index contributed by atoms with van der Waals surface area (Å²) in [6.45, 7) is 4.54. The van der Waals surface area contributed by atoms with E-state index in [0.717, 1.165) is 36.5 Å². The molecular formula is C36H51O2PS2. The molecule has 0 aliphatic carbocycles. The molecule has 0 radical (unpaired) electrons. The van der Waals surface area contributed by atoms with Crippen LogP contribution in [0.1, 0.15) is 108 Å². The molecule has 0 aliphatic heterocycles. The van der Waals surface area contributed by atoms with Gasteiger partial charge in [-0.15, -0.1) is 0 Å². The number of benzene rings is 3. The lowest BCUT2D eigenvalue weighted by Crippen LogP contribution is -2.00. The smallest absolute Gasteiger partial charge is 0.348 e. The van der Waals surface area contributed by atoms with Crippen molar-refractivity contribution < 1.29 is 9.05 Å². The normalized spacial score (nSPS) is 11.5. The Labute approximate surface area is 260 Å². The summed E-state index contributed by atoms with van der Waals surface area (Å²) in [6.07, 6.45) is 19.0. The van der Waals surface area contributed by atoms with Gasteiger partial charge in [0.25, 0.3) is 0 Å². The first kappa shape index (κ1) is 33.8. The molecule has 0 fully saturated rings. The molecule has 5 heteroatoms. The molecule has 3 rings (SSSR count). The van der Waals surface area contributed by atoms with Gasteiger partial charge in [0, 0.05) is 5.75 Å². The highest BCUT2D eigenvalue weighted by atomic mass is 32.9. The van der Waals surface area contributed by atoms with E-state index in [9.17, 15) is 0 Å². The predicted octanol–water partition coefficient (Wildman–Crippen LogP) is 12.2. The second-order valence-corrected chi connectivity index (χ2v) is 17.3. The lowest BCUT2D eigenvalue weighted by Gasteiger charge is -2.23. The maximum atomic E-state index is 6.48. The van der Waals surface area contributed by atoms with E-state index in [1.54, 1.807) is 11.4 Å². The van der Waals surface area contributed by atoms with E-state index in [1.807, 2.05) is 0 Å². The van der Waals surface area contributed by atoms with E-state index in [1.165, 1.54) is 93.7 Å². The highest BCUT2D eigenvalue weighted by Gasteiger charge is 2.24. The molecule has 0 bridgehead atoms. The number of hydrogen-bond donors (Lipinski definition) is 0. The maximum absolute atomic E-state index is 6.48. The lowest BCUT2D eigenvalue weighted by molar-refractivity contribution is 0.506. The van der Waals surface area contributed by atoms with Gasteiger partial charge in [0.2, 0.25) is 0 Å². The minimum Gasteiger partial charge on any atom is -0.428 e. The van der Waals surface area contributed by atoms with Crippen molar-refractivity contribution in [3.63, 3.8) is 0 Å². The molecule has 0 unspecified atom stereocenters. The van der Waals surface area contributed by atoms with E-state index < -0.39 is 5.69 Å². The van der Waals surface area contributed by atoms with Gasteiger partial charge in [0.1, 0.15) is 11.5 Å². The minimum atomic E-state index is -2.65. The highest BCUT2D eigenvalue weighted by Crippen LogP contribution is 2.60.